The van der Waals surface area contributed by atoms with Crippen LogP contribution in [0, 0.1) is 0 Å². The van der Waals surface area contributed by atoms with E-state index < -0.39 is 36.6 Å². The molecule has 2 heterocycles. The Bertz CT molecular complexity index is 1450. The van der Waals surface area contributed by atoms with Crippen LogP contribution in [0.5, 0.6) is 11.5 Å². The largest absolute Gasteiger partial charge is 0.496 e. The predicted octanol–water partition coefficient (Wildman–Crippen LogP) is 3.93. The highest BCUT2D eigenvalue weighted by atomic mass is 19.3. The molecule has 33 heavy (non-hydrogen) atoms. The van der Waals surface area contributed by atoms with Gasteiger partial charge in [-0.2, -0.15) is 13.9 Å². The smallest absolute Gasteiger partial charge is 0.387 e. The molecule has 1 aliphatic rings. The molecule has 0 radical (unpaired) electrons. The summed E-state index contributed by atoms with van der Waals surface area (Å²) in [5.74, 6) is -1.67. The molecule has 2 aromatic carbocycles. The van der Waals surface area contributed by atoms with Crippen LogP contribution in [0.15, 0.2) is 49.1 Å². The maximum atomic E-state index is 13.3. The number of hydrogen-bond acceptors (Lipinski definition) is 5. The van der Waals surface area contributed by atoms with E-state index in [1.165, 1.54) is 18.5 Å². The van der Waals surface area contributed by atoms with Crippen molar-refractivity contribution in [3.05, 3.63) is 54.6 Å². The number of aryl methyl sites for hydroxylation is 1. The number of imidazole rings is 1. The maximum absolute atomic E-state index is 13.3. The van der Waals surface area contributed by atoms with Crippen molar-refractivity contribution in [1.29, 1.82) is 0 Å². The molecule has 0 saturated heterocycles. The third kappa shape index (κ3) is 4.11. The Morgan fingerprint density at radius 3 is 2.76 bits per heavy atom. The fraction of sp³-hybridized carbons (Fsp3) is 0.261. The Morgan fingerprint density at radius 2 is 2.06 bits per heavy atom. The van der Waals surface area contributed by atoms with E-state index in [9.17, 15) is 13.6 Å². The zero-order valence-corrected chi connectivity index (χ0v) is 17.5. The Hall–Kier alpha value is -3.95. The van der Waals surface area contributed by atoms with Gasteiger partial charge >= 0.3 is 6.61 Å². The summed E-state index contributed by atoms with van der Waals surface area (Å²) < 4.78 is 62.2. The number of rotatable bonds is 7. The molecule has 4 aromatic rings. The van der Waals surface area contributed by atoms with Crippen molar-refractivity contribution in [2.24, 2.45) is 7.05 Å². The third-order valence-electron chi connectivity index (χ3n) is 5.38. The molecule has 10 heteroatoms. The van der Waals surface area contributed by atoms with Crippen LogP contribution in [0.2, 0.25) is 0 Å². The summed E-state index contributed by atoms with van der Waals surface area (Å²) in [7, 11) is -1.13. The highest BCUT2D eigenvalue weighted by Crippen LogP contribution is 2.35. The highest BCUT2D eigenvalue weighted by molar-refractivity contribution is 6.00. The van der Waals surface area contributed by atoms with Gasteiger partial charge in [-0.05, 0) is 30.5 Å². The van der Waals surface area contributed by atoms with Crippen molar-refractivity contribution in [2.75, 3.05) is 7.04 Å². The fourth-order valence-electron chi connectivity index (χ4n) is 3.66. The second-order valence-electron chi connectivity index (χ2n) is 7.77. The Kier molecular flexibility index (Phi) is 4.37. The molecule has 0 spiro atoms. The fourth-order valence-corrected chi connectivity index (χ4v) is 3.66. The van der Waals surface area contributed by atoms with Gasteiger partial charge in [-0.1, -0.05) is 6.07 Å². The van der Waals surface area contributed by atoms with Gasteiger partial charge in [0.05, 0.1) is 34.1 Å². The first-order valence-corrected chi connectivity index (χ1v) is 10.2. The van der Waals surface area contributed by atoms with Crippen LogP contribution < -0.4 is 14.8 Å². The molecule has 2 aromatic heterocycles. The number of methoxy groups -OCH3 is 1. The summed E-state index contributed by atoms with van der Waals surface area (Å²) in [6.07, 6.45) is 6.52. The molecular formula is C23H21F2N5O3. The van der Waals surface area contributed by atoms with Gasteiger partial charge in [-0.15, -0.1) is 0 Å². The lowest BCUT2D eigenvalue weighted by atomic mass is 10.1. The van der Waals surface area contributed by atoms with E-state index in [4.69, 9.17) is 8.85 Å². The molecule has 170 valence electrons. The second kappa shape index (κ2) is 8.19. The summed E-state index contributed by atoms with van der Waals surface area (Å²) in [4.78, 5) is 17.3. The molecule has 0 aliphatic heterocycles. The van der Waals surface area contributed by atoms with Crippen molar-refractivity contribution in [3.8, 4) is 28.3 Å². The Labute approximate surface area is 192 Å². The summed E-state index contributed by atoms with van der Waals surface area (Å²) in [5, 5.41) is 6.83. The van der Waals surface area contributed by atoms with Gasteiger partial charge in [-0.25, -0.2) is 4.98 Å². The molecule has 1 fully saturated rings. The molecule has 1 N–H and O–H groups in total. The topological polar surface area (TPSA) is 83.2 Å². The number of carbonyl (C=O) groups excluding carboxylic acids is 1. The average Bonchev–Trinajstić information content (AvgIpc) is 3.32. The van der Waals surface area contributed by atoms with Crippen molar-refractivity contribution >= 4 is 16.9 Å². The van der Waals surface area contributed by atoms with Gasteiger partial charge in [0, 0.05) is 37.0 Å². The van der Waals surface area contributed by atoms with Crippen LogP contribution in [0.1, 0.15) is 27.3 Å². The van der Waals surface area contributed by atoms with Crippen LogP contribution in [-0.2, 0) is 7.05 Å². The Balaban J connectivity index is 1.62. The number of carbonyl (C=O) groups is 1. The third-order valence-corrected chi connectivity index (χ3v) is 5.38. The normalized spacial score (nSPS) is 15.2. The zero-order valence-electron chi connectivity index (χ0n) is 20.5. The molecule has 1 aliphatic carbocycles. The quantitative estimate of drug-likeness (QED) is 0.456. The van der Waals surface area contributed by atoms with Crippen LogP contribution in [0.3, 0.4) is 0 Å². The number of fused-ring (bicyclic) bond motifs is 1. The van der Waals surface area contributed by atoms with Crippen LogP contribution >= 0.6 is 0 Å². The zero-order chi connectivity index (χ0) is 25.6. The molecule has 0 unspecified atom stereocenters. The molecular weight excluding hydrogens is 432 g/mol. The summed E-state index contributed by atoms with van der Waals surface area (Å²) in [5.41, 5.74) is 2.79. The highest BCUT2D eigenvalue weighted by Gasteiger charge is 2.29. The van der Waals surface area contributed by atoms with Gasteiger partial charge in [0.25, 0.3) is 5.91 Å². The van der Waals surface area contributed by atoms with Gasteiger partial charge in [0.2, 0.25) is 0 Å². The van der Waals surface area contributed by atoms with E-state index >= 15 is 0 Å². The molecule has 0 atom stereocenters. The van der Waals surface area contributed by atoms with Crippen LogP contribution in [-0.4, -0.2) is 44.9 Å². The first-order valence-electron chi connectivity index (χ1n) is 11.7. The van der Waals surface area contributed by atoms with E-state index in [-0.39, 0.29) is 11.7 Å². The summed E-state index contributed by atoms with van der Waals surface area (Å²) in [6, 6.07) is 7.90. The maximum Gasteiger partial charge on any atom is 0.387 e. The number of hydrogen-bond donors (Lipinski definition) is 1. The van der Waals surface area contributed by atoms with E-state index in [1.807, 2.05) is 25.4 Å². The number of amides is 1. The summed E-state index contributed by atoms with van der Waals surface area (Å²) in [6.45, 7) is -3.25. The number of benzene rings is 2. The lowest BCUT2D eigenvalue weighted by molar-refractivity contribution is -0.0502. The van der Waals surface area contributed by atoms with Crippen molar-refractivity contribution in [1.82, 2.24) is 24.6 Å². The monoisotopic (exact) mass is 456 g/mol. The lowest BCUT2D eigenvalue weighted by Crippen LogP contribution is -2.27. The number of ether oxygens (including phenoxy) is 2. The first-order chi connectivity index (χ1) is 17.1. The van der Waals surface area contributed by atoms with Crippen molar-refractivity contribution in [3.63, 3.8) is 0 Å². The van der Waals surface area contributed by atoms with Gasteiger partial charge in [-0.3, -0.25) is 14.0 Å². The first kappa shape index (κ1) is 17.6. The lowest BCUT2D eigenvalue weighted by Gasteiger charge is -2.17. The standard InChI is InChI=1S/C23H21F2N5O3/c1-29-11-14(10-27-29)13-3-6-18-17(7-13)26-12-30(18)16-8-19(32-2)21(20(9-16)33-23(24)25)22(31)28-15-4-5-15/h3,6-12,15,23H,4-5H2,1-2H3,(H,28,31)/i2D3. The Morgan fingerprint density at radius 1 is 1.24 bits per heavy atom. The summed E-state index contributed by atoms with van der Waals surface area (Å²) >= 11 is 0. The van der Waals surface area contributed by atoms with Crippen molar-refractivity contribution in [2.45, 2.75) is 25.5 Å². The van der Waals surface area contributed by atoms with E-state index in [1.54, 1.807) is 21.5 Å². The molecule has 8 nitrogen and oxygen atoms in total. The predicted molar refractivity (Wildman–Crippen MR) is 117 cm³/mol. The number of nitrogens with one attached hydrogen (secondary N) is 1. The second-order valence-corrected chi connectivity index (χ2v) is 7.77. The SMILES string of the molecule is [2H]C([2H])([2H])Oc1cc(-n2cnc3cc(-c4cnn(C)c4)ccc32)cc(OC(F)F)c1C(=O)NC1CC1. The van der Waals surface area contributed by atoms with Gasteiger partial charge in [0.1, 0.15) is 23.4 Å². The van der Waals surface area contributed by atoms with Crippen molar-refractivity contribution < 1.29 is 27.2 Å². The minimum absolute atomic E-state index is 0.108. The van der Waals surface area contributed by atoms with Crippen LogP contribution in [0.4, 0.5) is 8.78 Å². The van der Waals surface area contributed by atoms with Crippen LogP contribution in [0.25, 0.3) is 27.8 Å². The molecule has 1 amide bonds. The molecule has 5 rings (SSSR count). The van der Waals surface area contributed by atoms with Gasteiger partial charge < -0.3 is 14.8 Å². The molecule has 1 saturated carbocycles. The van der Waals surface area contributed by atoms with E-state index in [2.05, 4.69) is 20.1 Å². The van der Waals surface area contributed by atoms with E-state index in [0.29, 0.717) is 11.0 Å². The number of aromatic nitrogens is 4. The van der Waals surface area contributed by atoms with Gasteiger partial charge in [0.15, 0.2) is 0 Å². The average molecular weight is 456 g/mol. The number of alkyl halides is 2. The minimum Gasteiger partial charge on any atom is -0.496 e. The van der Waals surface area contributed by atoms with E-state index in [0.717, 1.165) is 24.0 Å². The number of nitrogens with zero attached hydrogens (tertiary/aromatic N) is 4. The molecule has 0 bridgehead atoms. The minimum atomic E-state index is -3.25. The number of halogens is 2.